The molecule has 0 fully saturated rings. The highest BCUT2D eigenvalue weighted by molar-refractivity contribution is 7.01. The predicted octanol–water partition coefficient (Wildman–Crippen LogP) is 5.12. The molecule has 3 nitrogen and oxygen atoms in total. The van der Waals surface area contributed by atoms with Crippen molar-refractivity contribution in [3.05, 3.63) is 121 Å². The second-order valence-corrected chi connectivity index (χ2v) is 10.6. The summed E-state index contributed by atoms with van der Waals surface area (Å²) in [4.78, 5) is 0. The zero-order valence-corrected chi connectivity index (χ0v) is 19.6. The summed E-state index contributed by atoms with van der Waals surface area (Å²) in [6.45, 7) is 0. The summed E-state index contributed by atoms with van der Waals surface area (Å²) in [5.74, 6) is 0. The van der Waals surface area contributed by atoms with Crippen molar-refractivity contribution in [3.63, 3.8) is 0 Å². The van der Waals surface area contributed by atoms with E-state index in [2.05, 4.69) is 18.1 Å². The van der Waals surface area contributed by atoms with Crippen LogP contribution in [0.1, 0.15) is 0 Å². The molecule has 4 rings (SSSR count). The van der Waals surface area contributed by atoms with Gasteiger partial charge in [0.1, 0.15) is 0 Å². The molecule has 0 spiro atoms. The third kappa shape index (κ3) is 3.89. The number of para-hydroxylation sites is 3. The quantitative estimate of drug-likeness (QED) is 0.218. The third-order valence-electron chi connectivity index (χ3n) is 5.53. The molecule has 4 aromatic rings. The van der Waals surface area contributed by atoms with Crippen molar-refractivity contribution >= 4 is 30.8 Å². The van der Waals surface area contributed by atoms with E-state index in [0.29, 0.717) is 0 Å². The Morgan fingerprint density at radius 2 is 0.676 bits per heavy atom. The molecule has 4 aromatic carbocycles. The summed E-state index contributed by atoms with van der Waals surface area (Å²) < 4.78 is 5.76. The van der Waals surface area contributed by atoms with Gasteiger partial charge in [-0.2, -0.15) is 0 Å². The van der Waals surface area contributed by atoms with E-state index in [1.54, 1.807) is 0 Å². The van der Waals surface area contributed by atoms with Crippen molar-refractivity contribution in [2.24, 2.45) is 0 Å². The Morgan fingerprint density at radius 1 is 0.412 bits per heavy atom. The van der Waals surface area contributed by atoms with Crippen LogP contribution in [-0.4, -0.2) is 8.56 Å². The number of anilines is 3. The maximum atomic E-state index is 6.29. The van der Waals surface area contributed by atoms with Gasteiger partial charge < -0.3 is 0 Å². The minimum absolute atomic E-state index is 0.827. The van der Waals surface area contributed by atoms with Crippen LogP contribution < -0.4 is 18.9 Å². The number of hydrogen-bond acceptors (Lipinski definition) is 3. The van der Waals surface area contributed by atoms with Gasteiger partial charge in [0.05, 0.1) is 0 Å². The van der Waals surface area contributed by atoms with E-state index >= 15 is 0 Å². The molecule has 0 saturated heterocycles. The van der Waals surface area contributed by atoms with Crippen molar-refractivity contribution in [2.75, 3.05) is 13.7 Å². The first-order chi connectivity index (χ1) is 16.8. The molecule has 0 atom stereocenters. The van der Waals surface area contributed by atoms with Crippen molar-refractivity contribution in [2.45, 2.75) is 0 Å². The Labute approximate surface area is 203 Å². The van der Waals surface area contributed by atoms with Gasteiger partial charge in [0.25, 0.3) is 0 Å². The van der Waals surface area contributed by atoms with E-state index < -0.39 is 8.56 Å². The van der Waals surface area contributed by atoms with Crippen LogP contribution in [0.5, 0.6) is 0 Å². The lowest BCUT2D eigenvalue weighted by Crippen LogP contribution is -2.80. The lowest BCUT2D eigenvalue weighted by Gasteiger charge is -2.49. The summed E-state index contributed by atoms with van der Waals surface area (Å²) in [6, 6.07) is 48.3. The highest BCUT2D eigenvalue weighted by Crippen LogP contribution is 2.33. The molecule has 0 bridgehead atoms. The smallest absolute Gasteiger partial charge is 0.287 e. The van der Waals surface area contributed by atoms with Crippen LogP contribution in [-0.2, 0) is 0 Å². The van der Waals surface area contributed by atoms with Gasteiger partial charge in [-0.25, -0.2) is 0 Å². The Bertz CT molecular complexity index is 1200. The van der Waals surface area contributed by atoms with Gasteiger partial charge in [-0.1, -0.05) is 104 Å². The molecule has 0 heterocycles. The molecular formula is C30H23N3Si. The molecule has 4 heteroatoms. The molecule has 0 aliphatic rings. The fraction of sp³-hybridized carbons (Fsp3) is 0. The monoisotopic (exact) mass is 453 g/mol. The number of rotatable bonds is 7. The van der Waals surface area contributed by atoms with Crippen LogP contribution >= 0.6 is 0 Å². The molecule has 0 N–H and O–H groups in total. The minimum atomic E-state index is -3.49. The number of benzene rings is 4. The average molecular weight is 454 g/mol. The molecule has 0 amide bonds. The van der Waals surface area contributed by atoms with Gasteiger partial charge in [-0.05, 0) is 36.4 Å². The molecule has 0 aliphatic heterocycles. The lowest BCUT2D eigenvalue weighted by molar-refractivity contribution is 1.21. The summed E-state index contributed by atoms with van der Waals surface area (Å²) in [7, 11) is -3.49. The van der Waals surface area contributed by atoms with Gasteiger partial charge in [-0.3, -0.25) is 13.7 Å². The number of terminal acetylenes is 3. The average Bonchev–Trinajstić information content (AvgIpc) is 2.92. The second-order valence-electron chi connectivity index (χ2n) is 7.40. The minimum Gasteiger partial charge on any atom is -0.287 e. The number of hydrogen-bond donors (Lipinski definition) is 0. The van der Waals surface area contributed by atoms with Crippen LogP contribution in [0.4, 0.5) is 17.1 Å². The van der Waals surface area contributed by atoms with Gasteiger partial charge in [0.2, 0.25) is 0 Å². The Balaban J connectivity index is 2.15. The van der Waals surface area contributed by atoms with Gasteiger partial charge in [0.15, 0.2) is 0 Å². The SMILES string of the molecule is C#CN(c1ccccc1)[Si](c1ccccc1)(N(C#C)c1ccccc1)N(C#C)c1ccccc1. The van der Waals surface area contributed by atoms with Crippen LogP contribution in [0.2, 0.25) is 0 Å². The van der Waals surface area contributed by atoms with E-state index in [-0.39, 0.29) is 0 Å². The van der Waals surface area contributed by atoms with Crippen molar-refractivity contribution < 1.29 is 0 Å². The van der Waals surface area contributed by atoms with Crippen LogP contribution in [0.3, 0.4) is 0 Å². The topological polar surface area (TPSA) is 9.72 Å². The maximum absolute atomic E-state index is 6.29. The largest absolute Gasteiger partial charge is 0.450 e. The van der Waals surface area contributed by atoms with E-state index in [0.717, 1.165) is 22.2 Å². The summed E-state index contributed by atoms with van der Waals surface area (Å²) in [5.41, 5.74) is 2.48. The first kappa shape index (κ1) is 22.4. The van der Waals surface area contributed by atoms with Crippen LogP contribution in [0, 0.1) is 37.4 Å². The molecule has 0 radical (unpaired) electrons. The van der Waals surface area contributed by atoms with E-state index in [4.69, 9.17) is 19.3 Å². The third-order valence-corrected chi connectivity index (χ3v) is 9.67. The molecule has 0 saturated carbocycles. The molecule has 0 aromatic heterocycles. The fourth-order valence-electron chi connectivity index (χ4n) is 4.11. The molecular weight excluding hydrogens is 430 g/mol. The van der Waals surface area contributed by atoms with E-state index in [1.165, 1.54) is 0 Å². The molecule has 162 valence electrons. The Kier molecular flexibility index (Phi) is 6.71. The molecule has 0 unspecified atom stereocenters. The highest BCUT2D eigenvalue weighted by atomic mass is 28.4. The number of nitrogens with zero attached hydrogens (tertiary/aromatic N) is 3. The second kappa shape index (κ2) is 10.2. The molecule has 0 aliphatic carbocycles. The summed E-state index contributed by atoms with van der Waals surface area (Å²) in [5, 5.41) is 0.945. The van der Waals surface area contributed by atoms with Gasteiger partial charge >= 0.3 is 8.56 Å². The van der Waals surface area contributed by atoms with Crippen molar-refractivity contribution in [1.82, 2.24) is 0 Å². The Hall–Kier alpha value is -4.82. The Morgan fingerprint density at radius 3 is 0.941 bits per heavy atom. The first-order valence-electron chi connectivity index (χ1n) is 10.8. The highest BCUT2D eigenvalue weighted by Gasteiger charge is 2.56. The predicted molar refractivity (Wildman–Crippen MR) is 145 cm³/mol. The summed E-state index contributed by atoms with van der Waals surface area (Å²) >= 11 is 0. The lowest BCUT2D eigenvalue weighted by atomic mass is 10.3. The zero-order valence-electron chi connectivity index (χ0n) is 18.6. The van der Waals surface area contributed by atoms with Gasteiger partial charge in [-0.15, -0.1) is 0 Å². The molecule has 34 heavy (non-hydrogen) atoms. The van der Waals surface area contributed by atoms with Crippen LogP contribution in [0.15, 0.2) is 121 Å². The zero-order chi connectivity index (χ0) is 23.8. The van der Waals surface area contributed by atoms with E-state index in [9.17, 15) is 0 Å². The maximum Gasteiger partial charge on any atom is 0.450 e. The normalized spacial score (nSPS) is 10.3. The van der Waals surface area contributed by atoms with Crippen LogP contribution in [0.25, 0.3) is 0 Å². The van der Waals surface area contributed by atoms with Gasteiger partial charge in [0, 0.05) is 40.4 Å². The summed E-state index contributed by atoms with van der Waals surface area (Å²) in [6.07, 6.45) is 18.9. The van der Waals surface area contributed by atoms with Crippen molar-refractivity contribution in [3.8, 4) is 37.4 Å². The van der Waals surface area contributed by atoms with Crippen molar-refractivity contribution in [1.29, 1.82) is 0 Å². The fourth-order valence-corrected chi connectivity index (χ4v) is 8.20. The van der Waals surface area contributed by atoms with E-state index in [1.807, 2.05) is 135 Å². The standard InChI is InChI=1S/C30H23N3Si/c1-4-31(27-19-11-7-12-20-27)34(30-25-17-10-18-26-30,32(5-2)28-21-13-8-14-22-28)33(6-3)29-23-15-9-16-24-29/h1-3,7-26H. The first-order valence-corrected chi connectivity index (χ1v) is 12.6.